The number of phenols is 1. The first-order valence-electron chi connectivity index (χ1n) is 6.38. The molecule has 4 heteroatoms. The van der Waals surface area contributed by atoms with Crippen molar-refractivity contribution in [2.75, 3.05) is 6.61 Å². The van der Waals surface area contributed by atoms with Crippen LogP contribution in [0, 0.1) is 0 Å². The first-order chi connectivity index (χ1) is 8.61. The van der Waals surface area contributed by atoms with E-state index in [1.54, 1.807) is 18.2 Å². The smallest absolute Gasteiger partial charge is 0.184 e. The maximum Gasteiger partial charge on any atom is 0.184 e. The number of hydrogen-bond donors (Lipinski definition) is 1. The van der Waals surface area contributed by atoms with Crippen LogP contribution >= 0.6 is 0 Å². The van der Waals surface area contributed by atoms with E-state index < -0.39 is 0 Å². The summed E-state index contributed by atoms with van der Waals surface area (Å²) in [6, 6.07) is 5.19. The molecule has 1 fully saturated rings. The summed E-state index contributed by atoms with van der Waals surface area (Å²) in [5.41, 5.74) is 0.870. The van der Waals surface area contributed by atoms with Crippen molar-refractivity contribution < 1.29 is 19.3 Å². The Hall–Kier alpha value is -1.26. The van der Waals surface area contributed by atoms with Crippen LogP contribution in [0.2, 0.25) is 0 Å². The Balaban J connectivity index is 2.14. The summed E-state index contributed by atoms with van der Waals surface area (Å²) >= 11 is 0. The zero-order valence-corrected chi connectivity index (χ0v) is 11.1. The molecular formula is C14H20O4. The number of phenolic OH excluding ortho intramolecular Hbond substituents is 1. The van der Waals surface area contributed by atoms with Gasteiger partial charge in [-0.3, -0.25) is 0 Å². The van der Waals surface area contributed by atoms with E-state index in [2.05, 4.69) is 0 Å². The van der Waals surface area contributed by atoms with E-state index in [4.69, 9.17) is 14.2 Å². The van der Waals surface area contributed by atoms with Crippen LogP contribution < -0.4 is 4.74 Å². The molecule has 1 aliphatic rings. The summed E-state index contributed by atoms with van der Waals surface area (Å²) in [5, 5.41) is 9.70. The molecule has 0 aromatic heterocycles. The highest BCUT2D eigenvalue weighted by atomic mass is 16.7. The van der Waals surface area contributed by atoms with Gasteiger partial charge < -0.3 is 19.3 Å². The second kappa shape index (κ2) is 5.59. The van der Waals surface area contributed by atoms with Crippen molar-refractivity contribution >= 4 is 0 Å². The summed E-state index contributed by atoms with van der Waals surface area (Å²) in [4.78, 5) is 0. The first kappa shape index (κ1) is 13.2. The lowest BCUT2D eigenvalue weighted by Gasteiger charge is -2.13. The molecule has 1 aromatic rings. The molecule has 18 heavy (non-hydrogen) atoms. The van der Waals surface area contributed by atoms with Gasteiger partial charge in [0.15, 0.2) is 17.8 Å². The van der Waals surface area contributed by atoms with Crippen molar-refractivity contribution in [3.8, 4) is 11.5 Å². The van der Waals surface area contributed by atoms with Crippen LogP contribution in [0.5, 0.6) is 11.5 Å². The number of ether oxygens (including phenoxy) is 3. The summed E-state index contributed by atoms with van der Waals surface area (Å²) < 4.78 is 16.9. The minimum atomic E-state index is -0.375. The molecule has 2 atom stereocenters. The lowest BCUT2D eigenvalue weighted by atomic mass is 10.2. The number of hydrogen-bond acceptors (Lipinski definition) is 4. The van der Waals surface area contributed by atoms with Gasteiger partial charge in [0.05, 0.1) is 18.8 Å². The van der Waals surface area contributed by atoms with Gasteiger partial charge in [0.1, 0.15) is 0 Å². The molecule has 0 amide bonds. The third kappa shape index (κ3) is 2.76. The van der Waals surface area contributed by atoms with Crippen molar-refractivity contribution in [3.63, 3.8) is 0 Å². The van der Waals surface area contributed by atoms with Crippen molar-refractivity contribution in [2.45, 2.75) is 45.7 Å². The van der Waals surface area contributed by atoms with Gasteiger partial charge >= 0.3 is 0 Å². The molecule has 0 radical (unpaired) electrons. The van der Waals surface area contributed by atoms with Gasteiger partial charge in [0, 0.05) is 5.56 Å². The monoisotopic (exact) mass is 252 g/mol. The van der Waals surface area contributed by atoms with E-state index >= 15 is 0 Å². The third-order valence-corrected chi connectivity index (χ3v) is 3.06. The van der Waals surface area contributed by atoms with Crippen molar-refractivity contribution in [2.24, 2.45) is 0 Å². The van der Waals surface area contributed by atoms with Crippen molar-refractivity contribution in [1.82, 2.24) is 0 Å². The molecule has 1 aromatic carbocycles. The Labute approximate surface area is 107 Å². The molecule has 2 rings (SSSR count). The topological polar surface area (TPSA) is 47.9 Å². The Morgan fingerprint density at radius 1 is 1.22 bits per heavy atom. The Morgan fingerprint density at radius 2 is 1.89 bits per heavy atom. The fourth-order valence-corrected chi connectivity index (χ4v) is 1.81. The van der Waals surface area contributed by atoms with E-state index in [0.717, 1.165) is 12.0 Å². The highest BCUT2D eigenvalue weighted by Gasteiger charge is 2.31. The summed E-state index contributed by atoms with van der Waals surface area (Å²) in [6.45, 7) is 6.57. The predicted octanol–water partition coefficient (Wildman–Crippen LogP) is 3.00. The quantitative estimate of drug-likeness (QED) is 0.894. The van der Waals surface area contributed by atoms with Crippen molar-refractivity contribution in [3.05, 3.63) is 23.8 Å². The number of rotatable bonds is 4. The van der Waals surface area contributed by atoms with Gasteiger partial charge in [-0.05, 0) is 32.4 Å². The molecule has 0 saturated carbocycles. The third-order valence-electron chi connectivity index (χ3n) is 3.06. The fraction of sp³-hybridized carbons (Fsp3) is 0.571. The van der Waals surface area contributed by atoms with E-state index in [1.807, 2.05) is 20.8 Å². The second-order valence-corrected chi connectivity index (χ2v) is 4.59. The minimum Gasteiger partial charge on any atom is -0.504 e. The highest BCUT2D eigenvalue weighted by molar-refractivity contribution is 5.42. The largest absolute Gasteiger partial charge is 0.504 e. The van der Waals surface area contributed by atoms with Crippen LogP contribution in [0.1, 0.15) is 39.0 Å². The van der Waals surface area contributed by atoms with Gasteiger partial charge in [-0.25, -0.2) is 0 Å². The molecule has 0 spiro atoms. The molecule has 0 aliphatic carbocycles. The molecule has 0 bridgehead atoms. The molecule has 1 aliphatic heterocycles. The maximum atomic E-state index is 9.70. The van der Waals surface area contributed by atoms with E-state index in [9.17, 15) is 5.11 Å². The summed E-state index contributed by atoms with van der Waals surface area (Å²) in [6.07, 6.45) is 0.668. The molecule has 1 saturated heterocycles. The van der Waals surface area contributed by atoms with Crippen LogP contribution in [0.25, 0.3) is 0 Å². The van der Waals surface area contributed by atoms with Crippen molar-refractivity contribution in [1.29, 1.82) is 0 Å². The number of aromatic hydroxyl groups is 1. The average molecular weight is 252 g/mol. The minimum absolute atomic E-state index is 0.0730. The molecular weight excluding hydrogens is 232 g/mol. The zero-order chi connectivity index (χ0) is 13.1. The second-order valence-electron chi connectivity index (χ2n) is 4.59. The average Bonchev–Trinajstić information content (AvgIpc) is 2.69. The van der Waals surface area contributed by atoms with Crippen LogP contribution in [-0.2, 0) is 9.47 Å². The van der Waals surface area contributed by atoms with Crippen LogP contribution in [-0.4, -0.2) is 23.9 Å². The van der Waals surface area contributed by atoms with Gasteiger partial charge in [-0.2, -0.15) is 0 Å². The summed E-state index contributed by atoms with van der Waals surface area (Å²) in [5.74, 6) is 0.625. The SMILES string of the molecule is CCCOc1cc(C2OC(C)C(C)O2)ccc1O. The molecule has 1 heterocycles. The lowest BCUT2D eigenvalue weighted by Crippen LogP contribution is -2.13. The lowest BCUT2D eigenvalue weighted by molar-refractivity contribution is -0.0654. The molecule has 4 nitrogen and oxygen atoms in total. The maximum absolute atomic E-state index is 9.70. The predicted molar refractivity (Wildman–Crippen MR) is 67.7 cm³/mol. The fourth-order valence-electron chi connectivity index (χ4n) is 1.81. The highest BCUT2D eigenvalue weighted by Crippen LogP contribution is 2.35. The normalized spacial score (nSPS) is 27.4. The zero-order valence-electron chi connectivity index (χ0n) is 11.1. The van der Waals surface area contributed by atoms with Crippen LogP contribution in [0.3, 0.4) is 0 Å². The van der Waals surface area contributed by atoms with Gasteiger partial charge in [-0.1, -0.05) is 13.0 Å². The van der Waals surface area contributed by atoms with E-state index in [0.29, 0.717) is 12.4 Å². The Morgan fingerprint density at radius 3 is 2.50 bits per heavy atom. The molecule has 1 N–H and O–H groups in total. The van der Waals surface area contributed by atoms with Gasteiger partial charge in [0.25, 0.3) is 0 Å². The van der Waals surface area contributed by atoms with E-state index in [1.165, 1.54) is 0 Å². The van der Waals surface area contributed by atoms with E-state index in [-0.39, 0.29) is 24.2 Å². The van der Waals surface area contributed by atoms with Crippen LogP contribution in [0.4, 0.5) is 0 Å². The van der Waals surface area contributed by atoms with Crippen LogP contribution in [0.15, 0.2) is 18.2 Å². The summed E-state index contributed by atoms with van der Waals surface area (Å²) in [7, 11) is 0. The Kier molecular flexibility index (Phi) is 4.09. The molecule has 2 unspecified atom stereocenters. The molecule has 100 valence electrons. The standard InChI is InChI=1S/C14H20O4/c1-4-7-16-13-8-11(5-6-12(13)15)14-17-9(2)10(3)18-14/h5-6,8-10,14-15H,4,7H2,1-3H3. The first-order valence-corrected chi connectivity index (χ1v) is 6.38. The van der Waals surface area contributed by atoms with Gasteiger partial charge in [0.2, 0.25) is 0 Å². The number of benzene rings is 1. The van der Waals surface area contributed by atoms with Gasteiger partial charge in [-0.15, -0.1) is 0 Å². The Bertz CT molecular complexity index is 395.